The third-order valence-electron chi connectivity index (χ3n) is 14.3. The number of carbonyl (C=O) groups is 7. The number of H-pyrrole nitrogens is 1. The predicted molar refractivity (Wildman–Crippen MR) is 318 cm³/mol. The molecule has 2 unspecified atom stereocenters. The molecule has 0 saturated carbocycles. The molecule has 6 rings (SSSR count). The lowest BCUT2D eigenvalue weighted by Gasteiger charge is -2.29. The number of amides is 6. The molecule has 0 bridgehead atoms. The Kier molecular flexibility index (Phi) is 25.4. The van der Waals surface area contributed by atoms with Gasteiger partial charge in [0.2, 0.25) is 35.4 Å². The van der Waals surface area contributed by atoms with Gasteiger partial charge >= 0.3 is 0 Å². The van der Waals surface area contributed by atoms with E-state index < -0.39 is 108 Å². The molecule has 22 heteroatoms. The topological polar surface area (TPSA) is 300 Å². The molecule has 4 aromatic rings. The van der Waals surface area contributed by atoms with Gasteiger partial charge in [-0.1, -0.05) is 115 Å². The summed E-state index contributed by atoms with van der Waals surface area (Å²) >= 11 is 3.91. The molecule has 6 amide bonds. The normalized spacial score (nSPS) is 24.4. The molecule has 0 spiro atoms. The van der Waals surface area contributed by atoms with Gasteiger partial charge in [0.25, 0.3) is 0 Å². The lowest BCUT2D eigenvalue weighted by molar-refractivity contribution is -0.136. The van der Waals surface area contributed by atoms with Crippen LogP contribution in [0.5, 0.6) is 0 Å². The number of nitrogens with two attached hydrogens (primary N) is 2. The lowest BCUT2D eigenvalue weighted by Crippen LogP contribution is -2.60. The summed E-state index contributed by atoms with van der Waals surface area (Å²) in [6, 6.07) is 16.4. The number of aliphatic hydroxyl groups excluding tert-OH is 2. The van der Waals surface area contributed by atoms with E-state index in [0.29, 0.717) is 35.4 Å². The largest absolute Gasteiger partial charge is 0.394 e. The molecule has 0 radical (unpaired) electrons. The van der Waals surface area contributed by atoms with Crippen LogP contribution in [0.3, 0.4) is 0 Å². The van der Waals surface area contributed by atoms with E-state index in [1.165, 1.54) is 6.92 Å². The number of carbonyl (C=O) groups excluding carboxylic acids is 7. The Morgan fingerprint density at radius 2 is 1.47 bits per heavy atom. The summed E-state index contributed by atoms with van der Waals surface area (Å²) in [6.45, 7) is 6.79. The third kappa shape index (κ3) is 19.3. The molecule has 79 heavy (non-hydrogen) atoms. The van der Waals surface area contributed by atoms with Crippen molar-refractivity contribution in [2.24, 2.45) is 23.3 Å². The summed E-state index contributed by atoms with van der Waals surface area (Å²) in [5.41, 5.74) is 16.6. The highest BCUT2D eigenvalue weighted by Gasteiger charge is 2.36. The Morgan fingerprint density at radius 3 is 2.18 bits per heavy atom. The van der Waals surface area contributed by atoms with Crippen LogP contribution in [-0.4, -0.2) is 145 Å². The SMILES string of the molecule is CC1SCS[C@H]1CCc1cccc(C[C@@H]2CC(=O)[C@@H](NC(=O)[C@H](N)Cc3ccccc3)CSSC[C@@H](C(=O)N[C@H](CO)C(C)O)NC(=O)[C@H](C(C)C)NC(=O)[C@H](CCCCN)NC(=O)[C@@H](Cc3c[nH]c4ccccc34)NC2=O)c1. The molecular weight excluding hydrogens is 1080 g/mol. The van der Waals surface area contributed by atoms with Crippen LogP contribution in [0.1, 0.15) is 82.1 Å². The van der Waals surface area contributed by atoms with Crippen LogP contribution in [0.4, 0.5) is 0 Å². The quantitative estimate of drug-likeness (QED) is 0.0445. The molecule has 3 aromatic carbocycles. The predicted octanol–water partition coefficient (Wildman–Crippen LogP) is 3.69. The van der Waals surface area contributed by atoms with Gasteiger partial charge in [0.1, 0.15) is 24.2 Å². The van der Waals surface area contributed by atoms with E-state index in [-0.39, 0.29) is 43.6 Å². The number of aromatic nitrogens is 1. The van der Waals surface area contributed by atoms with E-state index in [1.807, 2.05) is 90.3 Å². The highest BCUT2D eigenvalue weighted by molar-refractivity contribution is 8.76. The Bertz CT molecular complexity index is 2660. The fraction of sp³-hybridized carbons (Fsp3) is 0.526. The fourth-order valence-corrected chi connectivity index (χ4v) is 15.1. The van der Waals surface area contributed by atoms with Crippen molar-refractivity contribution in [1.29, 1.82) is 0 Å². The minimum absolute atomic E-state index is 0.0106. The van der Waals surface area contributed by atoms with E-state index in [0.717, 1.165) is 67.1 Å². The molecule has 3 heterocycles. The van der Waals surface area contributed by atoms with Crippen LogP contribution in [0.25, 0.3) is 10.9 Å². The van der Waals surface area contributed by atoms with Crippen LogP contribution in [0, 0.1) is 11.8 Å². The van der Waals surface area contributed by atoms with E-state index in [2.05, 4.69) is 55.9 Å². The van der Waals surface area contributed by atoms with Crippen LogP contribution in [-0.2, 0) is 59.2 Å². The number of ketones is 1. The number of aromatic amines is 1. The number of rotatable bonds is 20. The van der Waals surface area contributed by atoms with Crippen LogP contribution < -0.4 is 43.4 Å². The maximum Gasteiger partial charge on any atom is 0.243 e. The van der Waals surface area contributed by atoms with Gasteiger partial charge in [-0.15, -0.1) is 23.5 Å². The monoisotopic (exact) mass is 1160 g/mol. The summed E-state index contributed by atoms with van der Waals surface area (Å²) < 4.78 is 0. The number of hydrogen-bond donors (Lipinski definition) is 11. The zero-order valence-electron chi connectivity index (χ0n) is 45.5. The zero-order chi connectivity index (χ0) is 57.0. The second-order valence-electron chi connectivity index (χ2n) is 20.9. The minimum Gasteiger partial charge on any atom is -0.394 e. The number of unbranched alkanes of at least 4 members (excludes halogenated alkanes) is 1. The van der Waals surface area contributed by atoms with Gasteiger partial charge in [0.05, 0.1) is 30.8 Å². The van der Waals surface area contributed by atoms with Crippen LogP contribution in [0.15, 0.2) is 85.1 Å². The van der Waals surface area contributed by atoms with E-state index in [4.69, 9.17) is 11.5 Å². The van der Waals surface area contributed by atoms with Crippen molar-refractivity contribution in [2.75, 3.05) is 29.7 Å². The van der Waals surface area contributed by atoms with Gasteiger partial charge in [-0.3, -0.25) is 33.6 Å². The fourth-order valence-electron chi connectivity index (χ4n) is 9.52. The first-order valence-corrected chi connectivity index (χ1v) is 31.8. The molecule has 2 aliphatic rings. The highest BCUT2D eigenvalue weighted by atomic mass is 33.1. The highest BCUT2D eigenvalue weighted by Crippen LogP contribution is 2.38. The summed E-state index contributed by atoms with van der Waals surface area (Å²) in [6.07, 6.45) is 3.39. The molecule has 2 saturated heterocycles. The average Bonchev–Trinajstić information content (AvgIpc) is 4.06. The van der Waals surface area contributed by atoms with Crippen LogP contribution >= 0.6 is 45.1 Å². The van der Waals surface area contributed by atoms with Gasteiger partial charge in [-0.25, -0.2) is 0 Å². The van der Waals surface area contributed by atoms with Crippen LogP contribution in [0.2, 0.25) is 0 Å². The average molecular weight is 1160 g/mol. The van der Waals surface area contributed by atoms with E-state index in [9.17, 15) is 34.2 Å². The Morgan fingerprint density at radius 1 is 0.772 bits per heavy atom. The Hall–Kier alpha value is -5.07. The maximum atomic E-state index is 15.2. The van der Waals surface area contributed by atoms with Gasteiger partial charge in [0.15, 0.2) is 5.78 Å². The standard InChI is InChI=1S/C57H79N9O9S4/c1-33(2)51-57(75)65-48(56(74)63-46(29-67)34(3)68)31-79-78-30-47(64-53(71)42(59)25-36-13-6-5-7-14-36)49(69)27-39(24-38-16-12-15-37(23-38)20-21-50-35(4)76-32-77-50)52(70)62-45(26-40-28-60-43-18-9-8-17-41(40)43)55(73)61-44(54(72)66-51)19-10-11-22-58/h5-9,12-18,23,28,33-35,39,42,44-48,50-51,60,67-68H,10-11,19-22,24-27,29-32,58-59H2,1-4H3,(H,61,73)(H,62,70)(H,63,74)(H,64,71)(H,65,75)(H,66,72)/t34?,35?,39-,42-,44+,45-,46-,47+,48+,50+,51+/m1/s1. The molecule has 2 fully saturated rings. The van der Waals surface area contributed by atoms with Gasteiger partial charge in [-0.2, -0.15) is 0 Å². The molecule has 18 nitrogen and oxygen atoms in total. The minimum atomic E-state index is -1.29. The molecule has 430 valence electrons. The second-order valence-corrected chi connectivity index (χ2v) is 26.4. The van der Waals surface area contributed by atoms with E-state index in [1.54, 1.807) is 20.0 Å². The molecule has 2 aliphatic heterocycles. The smallest absolute Gasteiger partial charge is 0.243 e. The van der Waals surface area contributed by atoms with Crippen molar-refractivity contribution in [2.45, 2.75) is 144 Å². The van der Waals surface area contributed by atoms with Crippen molar-refractivity contribution < 1.29 is 43.8 Å². The molecule has 11 atom stereocenters. The number of benzene rings is 3. The summed E-state index contributed by atoms with van der Waals surface area (Å²) in [7, 11) is 2.27. The molecule has 0 aliphatic carbocycles. The summed E-state index contributed by atoms with van der Waals surface area (Å²) in [4.78, 5) is 105. The maximum absolute atomic E-state index is 15.2. The summed E-state index contributed by atoms with van der Waals surface area (Å²) in [5.74, 6) is -6.23. The lowest BCUT2D eigenvalue weighted by atomic mass is 9.90. The van der Waals surface area contributed by atoms with Gasteiger partial charge < -0.3 is 58.6 Å². The Balaban J connectivity index is 1.40. The Labute approximate surface area is 480 Å². The second kappa shape index (κ2) is 31.8. The number of nitrogens with one attached hydrogen (secondary N) is 7. The van der Waals surface area contributed by atoms with Gasteiger partial charge in [-0.05, 0) is 92.7 Å². The first-order chi connectivity index (χ1) is 37.9. The number of para-hydroxylation sites is 1. The van der Waals surface area contributed by atoms with Gasteiger partial charge in [0, 0.05) is 62.9 Å². The first-order valence-electron chi connectivity index (χ1n) is 27.2. The van der Waals surface area contributed by atoms with Crippen molar-refractivity contribution in [3.05, 3.63) is 107 Å². The first kappa shape index (κ1) is 63.1. The number of thioether (sulfide) groups is 2. The van der Waals surface area contributed by atoms with Crippen molar-refractivity contribution in [3.8, 4) is 0 Å². The van der Waals surface area contributed by atoms with Crippen molar-refractivity contribution in [3.63, 3.8) is 0 Å². The molecular formula is C57H79N9O9S4. The van der Waals surface area contributed by atoms with Crippen molar-refractivity contribution in [1.82, 2.24) is 36.9 Å². The number of Topliss-reactive ketones (excluding diaryl/α,β-unsaturated/α-hetero) is 1. The summed E-state index contributed by atoms with van der Waals surface area (Å²) in [5, 5.41) is 40.2. The van der Waals surface area contributed by atoms with E-state index >= 15 is 9.59 Å². The number of aryl methyl sites for hydroxylation is 1. The zero-order valence-corrected chi connectivity index (χ0v) is 48.7. The van der Waals surface area contributed by atoms with Crippen molar-refractivity contribution >= 4 is 97.2 Å². The number of hydrogen-bond acceptors (Lipinski definition) is 15. The molecule has 13 N–H and O–H groups in total. The third-order valence-corrected chi connectivity index (χ3v) is 19.9. The number of fused-ring (bicyclic) bond motifs is 1. The number of aliphatic hydroxyl groups is 2. The molecule has 1 aromatic heterocycles.